The third-order valence-corrected chi connectivity index (χ3v) is 5.61. The Balaban J connectivity index is 1.42. The third kappa shape index (κ3) is 6.52. The molecule has 0 bridgehead atoms. The zero-order valence-electron chi connectivity index (χ0n) is 18.0. The standard InChI is InChI=1S/C24H23FN2O5S/c1-33(29,30)27-24(28)19-7-8-20(22(25)12-19)15-31-21-4-2-3-17(11-21)18-9-10-26-23(13-18)32-14-16-5-6-16/h2-4,7-13,16H,5-6,14-15H2,1H3,(H,27,28). The number of hydrogen-bond acceptors (Lipinski definition) is 6. The van der Waals surface area contributed by atoms with Crippen LogP contribution in [0.25, 0.3) is 11.1 Å². The summed E-state index contributed by atoms with van der Waals surface area (Å²) in [6.07, 6.45) is 4.96. The zero-order valence-corrected chi connectivity index (χ0v) is 18.8. The minimum atomic E-state index is -3.73. The van der Waals surface area contributed by atoms with E-state index in [-0.39, 0.29) is 17.7 Å². The van der Waals surface area contributed by atoms with Gasteiger partial charge in [-0.3, -0.25) is 4.79 Å². The Morgan fingerprint density at radius 3 is 2.61 bits per heavy atom. The molecule has 1 heterocycles. The Morgan fingerprint density at radius 2 is 1.88 bits per heavy atom. The first-order chi connectivity index (χ1) is 15.8. The number of amides is 1. The quantitative estimate of drug-likeness (QED) is 0.509. The molecule has 3 aromatic rings. The number of hydrogen-bond donors (Lipinski definition) is 1. The number of benzene rings is 2. The summed E-state index contributed by atoms with van der Waals surface area (Å²) in [4.78, 5) is 16.1. The number of nitrogens with zero attached hydrogens (tertiary/aromatic N) is 1. The van der Waals surface area contributed by atoms with Gasteiger partial charge < -0.3 is 9.47 Å². The van der Waals surface area contributed by atoms with Crippen LogP contribution in [0.1, 0.15) is 28.8 Å². The molecule has 9 heteroatoms. The van der Waals surface area contributed by atoms with Crippen molar-refractivity contribution in [3.8, 4) is 22.8 Å². The van der Waals surface area contributed by atoms with E-state index in [1.165, 1.54) is 25.0 Å². The Bertz CT molecular complexity index is 1280. The van der Waals surface area contributed by atoms with Crippen LogP contribution in [0.2, 0.25) is 0 Å². The first-order valence-electron chi connectivity index (χ1n) is 10.4. The molecule has 2 aromatic carbocycles. The van der Waals surface area contributed by atoms with Crippen LogP contribution in [-0.2, 0) is 16.6 Å². The number of carbonyl (C=O) groups excluding carboxylic acids is 1. The highest BCUT2D eigenvalue weighted by Crippen LogP contribution is 2.30. The molecule has 1 fully saturated rings. The van der Waals surface area contributed by atoms with Crippen LogP contribution in [-0.4, -0.2) is 32.2 Å². The summed E-state index contributed by atoms with van der Waals surface area (Å²) in [6, 6.07) is 14.8. The van der Waals surface area contributed by atoms with Crippen LogP contribution in [0.3, 0.4) is 0 Å². The summed E-state index contributed by atoms with van der Waals surface area (Å²) in [5.74, 6) is 0.194. The summed E-state index contributed by atoms with van der Waals surface area (Å²) < 4.78 is 50.1. The second kappa shape index (κ2) is 9.58. The largest absolute Gasteiger partial charge is 0.489 e. The number of sulfonamides is 1. The Hall–Kier alpha value is -3.46. The summed E-state index contributed by atoms with van der Waals surface area (Å²) in [5.41, 5.74) is 1.96. The maximum Gasteiger partial charge on any atom is 0.264 e. The van der Waals surface area contributed by atoms with Crippen molar-refractivity contribution in [3.05, 3.63) is 77.7 Å². The Kier molecular flexibility index (Phi) is 6.60. The molecule has 172 valence electrons. The lowest BCUT2D eigenvalue weighted by atomic mass is 10.1. The number of rotatable bonds is 9. The number of ether oxygens (including phenoxy) is 2. The van der Waals surface area contributed by atoms with Crippen molar-refractivity contribution in [2.75, 3.05) is 12.9 Å². The molecule has 7 nitrogen and oxygen atoms in total. The minimum absolute atomic E-state index is 0.0602. The topological polar surface area (TPSA) is 94.6 Å². The average molecular weight is 471 g/mol. The van der Waals surface area contributed by atoms with Gasteiger partial charge in [0.05, 0.1) is 12.9 Å². The molecule has 0 spiro atoms. The van der Waals surface area contributed by atoms with E-state index in [0.29, 0.717) is 24.2 Å². The number of pyridine rings is 1. The summed E-state index contributed by atoms with van der Waals surface area (Å²) in [6.45, 7) is 0.620. The smallest absolute Gasteiger partial charge is 0.264 e. The van der Waals surface area contributed by atoms with Crippen molar-refractivity contribution in [2.45, 2.75) is 19.4 Å². The number of aromatic nitrogens is 1. The molecule has 1 amide bonds. The van der Waals surface area contributed by atoms with E-state index in [2.05, 4.69) is 4.98 Å². The molecule has 1 aliphatic carbocycles. The van der Waals surface area contributed by atoms with Crippen molar-refractivity contribution < 1.29 is 27.1 Å². The van der Waals surface area contributed by atoms with Gasteiger partial charge in [0.1, 0.15) is 18.2 Å². The van der Waals surface area contributed by atoms with Gasteiger partial charge in [-0.05, 0) is 60.2 Å². The summed E-state index contributed by atoms with van der Waals surface area (Å²) in [5, 5.41) is 0. The van der Waals surface area contributed by atoms with E-state index in [9.17, 15) is 17.6 Å². The first-order valence-corrected chi connectivity index (χ1v) is 12.3. The number of carbonyl (C=O) groups is 1. The van der Waals surface area contributed by atoms with E-state index < -0.39 is 21.7 Å². The summed E-state index contributed by atoms with van der Waals surface area (Å²) >= 11 is 0. The molecule has 0 atom stereocenters. The molecule has 1 saturated carbocycles. The lowest BCUT2D eigenvalue weighted by Crippen LogP contribution is -2.29. The van der Waals surface area contributed by atoms with Crippen molar-refractivity contribution >= 4 is 15.9 Å². The number of halogens is 1. The van der Waals surface area contributed by atoms with E-state index in [1.54, 1.807) is 17.0 Å². The van der Waals surface area contributed by atoms with Crippen molar-refractivity contribution in [3.63, 3.8) is 0 Å². The van der Waals surface area contributed by atoms with Gasteiger partial charge in [0, 0.05) is 23.4 Å². The predicted octanol–water partition coefficient (Wildman–Crippen LogP) is 3.94. The highest BCUT2D eigenvalue weighted by molar-refractivity contribution is 7.89. The molecule has 1 aliphatic rings. The van der Waals surface area contributed by atoms with Gasteiger partial charge in [0.2, 0.25) is 15.9 Å². The molecule has 1 N–H and O–H groups in total. The zero-order chi connectivity index (χ0) is 23.4. The predicted molar refractivity (Wildman–Crippen MR) is 121 cm³/mol. The fraction of sp³-hybridized carbons (Fsp3) is 0.250. The van der Waals surface area contributed by atoms with Gasteiger partial charge in [0.15, 0.2) is 0 Å². The monoisotopic (exact) mass is 470 g/mol. The van der Waals surface area contributed by atoms with Crippen LogP contribution < -0.4 is 14.2 Å². The van der Waals surface area contributed by atoms with Gasteiger partial charge in [0.25, 0.3) is 5.91 Å². The lowest BCUT2D eigenvalue weighted by Gasteiger charge is -2.11. The van der Waals surface area contributed by atoms with Gasteiger partial charge in [-0.1, -0.05) is 18.2 Å². The SMILES string of the molecule is CS(=O)(=O)NC(=O)c1ccc(COc2cccc(-c3ccnc(OCC4CC4)c3)c2)c(F)c1. The van der Waals surface area contributed by atoms with E-state index >= 15 is 0 Å². The minimum Gasteiger partial charge on any atom is -0.489 e. The highest BCUT2D eigenvalue weighted by Gasteiger charge is 2.22. The second-order valence-electron chi connectivity index (χ2n) is 7.96. The van der Waals surface area contributed by atoms with E-state index in [0.717, 1.165) is 23.4 Å². The fourth-order valence-electron chi connectivity index (χ4n) is 3.12. The number of nitrogens with one attached hydrogen (secondary N) is 1. The van der Waals surface area contributed by atoms with Crippen LogP contribution in [0.15, 0.2) is 60.8 Å². The Morgan fingerprint density at radius 1 is 1.09 bits per heavy atom. The third-order valence-electron chi connectivity index (χ3n) is 5.05. The van der Waals surface area contributed by atoms with Gasteiger partial charge in [-0.15, -0.1) is 0 Å². The van der Waals surface area contributed by atoms with E-state index in [4.69, 9.17) is 9.47 Å². The Labute approximate surface area is 191 Å². The molecule has 0 aliphatic heterocycles. The van der Waals surface area contributed by atoms with Crippen LogP contribution in [0.4, 0.5) is 4.39 Å². The molecular weight excluding hydrogens is 447 g/mol. The maximum atomic E-state index is 14.4. The fourth-order valence-corrected chi connectivity index (χ4v) is 3.57. The lowest BCUT2D eigenvalue weighted by molar-refractivity contribution is 0.0981. The highest BCUT2D eigenvalue weighted by atomic mass is 32.2. The van der Waals surface area contributed by atoms with Crippen LogP contribution in [0.5, 0.6) is 11.6 Å². The van der Waals surface area contributed by atoms with E-state index in [1.807, 2.05) is 30.3 Å². The molecule has 33 heavy (non-hydrogen) atoms. The molecular formula is C24H23FN2O5S. The van der Waals surface area contributed by atoms with Crippen molar-refractivity contribution in [1.29, 1.82) is 0 Å². The normalized spacial score (nSPS) is 13.4. The van der Waals surface area contributed by atoms with Gasteiger partial charge in [-0.25, -0.2) is 22.5 Å². The summed E-state index contributed by atoms with van der Waals surface area (Å²) in [7, 11) is -3.73. The van der Waals surface area contributed by atoms with Gasteiger partial charge in [-0.2, -0.15) is 0 Å². The van der Waals surface area contributed by atoms with Crippen LogP contribution >= 0.6 is 0 Å². The average Bonchev–Trinajstić information content (AvgIpc) is 3.61. The van der Waals surface area contributed by atoms with Gasteiger partial charge >= 0.3 is 0 Å². The first kappa shape index (κ1) is 22.7. The second-order valence-corrected chi connectivity index (χ2v) is 9.71. The molecule has 1 aromatic heterocycles. The van der Waals surface area contributed by atoms with Crippen molar-refractivity contribution in [2.24, 2.45) is 5.92 Å². The van der Waals surface area contributed by atoms with Crippen LogP contribution in [0, 0.1) is 11.7 Å². The molecule has 4 rings (SSSR count). The van der Waals surface area contributed by atoms with Crippen molar-refractivity contribution in [1.82, 2.24) is 9.71 Å². The molecule has 0 radical (unpaired) electrons. The molecule has 0 unspecified atom stereocenters. The maximum absolute atomic E-state index is 14.4. The molecule has 0 saturated heterocycles.